The highest BCUT2D eigenvalue weighted by atomic mass is 32.2. The van der Waals surface area contributed by atoms with Gasteiger partial charge in [0.2, 0.25) is 10.0 Å². The largest absolute Gasteiger partial charge is 0.369 e. The van der Waals surface area contributed by atoms with Crippen molar-refractivity contribution in [2.24, 2.45) is 5.92 Å². The molecule has 1 aliphatic rings. The molecule has 1 aromatic rings. The molecule has 0 spiro atoms. The van der Waals surface area contributed by atoms with Crippen molar-refractivity contribution >= 4 is 15.7 Å². The van der Waals surface area contributed by atoms with Gasteiger partial charge in [0.05, 0.1) is 5.75 Å². The highest BCUT2D eigenvalue weighted by Crippen LogP contribution is 2.17. The number of piperazine rings is 1. The molecule has 148 valence electrons. The third-order valence-corrected chi connectivity index (χ3v) is 6.34. The lowest BCUT2D eigenvalue weighted by molar-refractivity contribution is 0.253. The van der Waals surface area contributed by atoms with Crippen LogP contribution in [0.25, 0.3) is 0 Å². The number of sulfonamides is 1. The Kier molecular flexibility index (Phi) is 8.38. The van der Waals surface area contributed by atoms with E-state index in [1.54, 1.807) is 0 Å². The molecule has 5 nitrogen and oxygen atoms in total. The fraction of sp³-hybridized carbons (Fsp3) is 0.700. The quantitative estimate of drug-likeness (QED) is 0.633. The Morgan fingerprint density at radius 3 is 2.50 bits per heavy atom. The van der Waals surface area contributed by atoms with Crippen LogP contribution < -0.4 is 9.62 Å². The molecule has 0 atom stereocenters. The van der Waals surface area contributed by atoms with E-state index in [2.05, 4.69) is 45.7 Å². The van der Waals surface area contributed by atoms with Gasteiger partial charge in [-0.15, -0.1) is 0 Å². The first kappa shape index (κ1) is 21.2. The van der Waals surface area contributed by atoms with E-state index in [-0.39, 0.29) is 5.75 Å². The van der Waals surface area contributed by atoms with E-state index in [1.165, 1.54) is 11.3 Å². The maximum atomic E-state index is 11.9. The molecule has 0 radical (unpaired) electrons. The van der Waals surface area contributed by atoms with Gasteiger partial charge < -0.3 is 4.90 Å². The standard InChI is InChI=1S/C20H35N3O2S/c1-18(2)9-16-26(24,25)21-10-4-5-11-22-12-14-23(15-13-22)20-8-6-7-19(3)17-20/h6-8,17-18,21H,4-5,9-16H2,1-3H3. The normalized spacial score (nSPS) is 16.4. The Morgan fingerprint density at radius 1 is 1.12 bits per heavy atom. The van der Waals surface area contributed by atoms with Crippen molar-refractivity contribution in [3.8, 4) is 0 Å². The Labute approximate surface area is 159 Å². The van der Waals surface area contributed by atoms with Crippen molar-refractivity contribution in [1.29, 1.82) is 0 Å². The van der Waals surface area contributed by atoms with Gasteiger partial charge in [0.25, 0.3) is 0 Å². The van der Waals surface area contributed by atoms with Crippen LogP contribution in [-0.2, 0) is 10.0 Å². The molecule has 1 aliphatic heterocycles. The number of aryl methyl sites for hydroxylation is 1. The molecule has 1 fully saturated rings. The fourth-order valence-electron chi connectivity index (χ4n) is 3.21. The monoisotopic (exact) mass is 381 g/mol. The summed E-state index contributed by atoms with van der Waals surface area (Å²) in [6.07, 6.45) is 2.66. The second kappa shape index (κ2) is 10.3. The van der Waals surface area contributed by atoms with Crippen LogP contribution in [0.2, 0.25) is 0 Å². The molecule has 26 heavy (non-hydrogen) atoms. The van der Waals surface area contributed by atoms with E-state index >= 15 is 0 Å². The topological polar surface area (TPSA) is 52.6 Å². The second-order valence-electron chi connectivity index (χ2n) is 7.77. The van der Waals surface area contributed by atoms with Crippen LogP contribution in [0.5, 0.6) is 0 Å². The van der Waals surface area contributed by atoms with Crippen LogP contribution >= 0.6 is 0 Å². The molecular weight excluding hydrogens is 346 g/mol. The molecule has 0 aromatic heterocycles. The first-order valence-corrected chi connectivity index (χ1v) is 11.5. The van der Waals surface area contributed by atoms with Crippen LogP contribution in [-0.4, -0.2) is 58.3 Å². The van der Waals surface area contributed by atoms with Crippen molar-refractivity contribution in [2.75, 3.05) is 49.9 Å². The van der Waals surface area contributed by atoms with Crippen LogP contribution in [0.4, 0.5) is 5.69 Å². The second-order valence-corrected chi connectivity index (χ2v) is 9.70. The van der Waals surface area contributed by atoms with Crippen molar-refractivity contribution in [1.82, 2.24) is 9.62 Å². The van der Waals surface area contributed by atoms with Gasteiger partial charge in [0.15, 0.2) is 0 Å². The summed E-state index contributed by atoms with van der Waals surface area (Å²) >= 11 is 0. The maximum Gasteiger partial charge on any atom is 0.211 e. The zero-order valence-corrected chi connectivity index (χ0v) is 17.4. The van der Waals surface area contributed by atoms with Crippen LogP contribution in [0.3, 0.4) is 0 Å². The van der Waals surface area contributed by atoms with Gasteiger partial charge in [-0.05, 0) is 56.3 Å². The highest BCUT2D eigenvalue weighted by Gasteiger charge is 2.17. The Morgan fingerprint density at radius 2 is 1.85 bits per heavy atom. The minimum atomic E-state index is -3.09. The summed E-state index contributed by atoms with van der Waals surface area (Å²) < 4.78 is 26.5. The summed E-state index contributed by atoms with van der Waals surface area (Å²) in [7, 11) is -3.09. The van der Waals surface area contributed by atoms with E-state index in [0.717, 1.165) is 52.0 Å². The number of nitrogens with one attached hydrogen (secondary N) is 1. The van der Waals surface area contributed by atoms with Crippen molar-refractivity contribution in [2.45, 2.75) is 40.0 Å². The van der Waals surface area contributed by atoms with Gasteiger partial charge >= 0.3 is 0 Å². The van der Waals surface area contributed by atoms with Crippen LogP contribution in [0.15, 0.2) is 24.3 Å². The van der Waals surface area contributed by atoms with E-state index in [4.69, 9.17) is 0 Å². The fourth-order valence-corrected chi connectivity index (χ4v) is 4.59. The lowest BCUT2D eigenvalue weighted by atomic mass is 10.2. The number of benzene rings is 1. The lowest BCUT2D eigenvalue weighted by Crippen LogP contribution is -2.46. The summed E-state index contributed by atoms with van der Waals surface area (Å²) in [6, 6.07) is 8.70. The molecule has 1 saturated heterocycles. The Hall–Kier alpha value is -1.11. The molecule has 0 bridgehead atoms. The molecule has 1 N–H and O–H groups in total. The SMILES string of the molecule is Cc1cccc(N2CCN(CCCCNS(=O)(=O)CCC(C)C)CC2)c1. The molecule has 1 heterocycles. The Bertz CT molecular complexity index is 638. The number of nitrogens with zero attached hydrogens (tertiary/aromatic N) is 2. The molecule has 6 heteroatoms. The van der Waals surface area contributed by atoms with Crippen molar-refractivity contribution < 1.29 is 8.42 Å². The van der Waals surface area contributed by atoms with E-state index in [9.17, 15) is 8.42 Å². The van der Waals surface area contributed by atoms with Gasteiger partial charge in [-0.1, -0.05) is 26.0 Å². The minimum Gasteiger partial charge on any atom is -0.369 e. The minimum absolute atomic E-state index is 0.242. The predicted octanol–water partition coefficient (Wildman–Crippen LogP) is 2.86. The third kappa shape index (κ3) is 7.64. The molecule has 0 unspecified atom stereocenters. The van der Waals surface area contributed by atoms with E-state index in [1.807, 2.05) is 13.8 Å². The number of hydrogen-bond acceptors (Lipinski definition) is 4. The van der Waals surface area contributed by atoms with Gasteiger partial charge in [-0.2, -0.15) is 0 Å². The number of unbranched alkanes of at least 4 members (excludes halogenated alkanes) is 1. The first-order valence-electron chi connectivity index (χ1n) is 9.87. The summed E-state index contributed by atoms with van der Waals surface area (Å²) in [4.78, 5) is 4.94. The summed E-state index contributed by atoms with van der Waals surface area (Å²) in [5, 5.41) is 0. The molecule has 0 amide bonds. The molecule has 0 saturated carbocycles. The molecule has 2 rings (SSSR count). The zero-order valence-electron chi connectivity index (χ0n) is 16.6. The van der Waals surface area contributed by atoms with Crippen LogP contribution in [0.1, 0.15) is 38.7 Å². The first-order chi connectivity index (χ1) is 12.4. The average molecular weight is 382 g/mol. The molecule has 1 aromatic carbocycles. The smallest absolute Gasteiger partial charge is 0.211 e. The zero-order chi connectivity index (χ0) is 19.0. The highest BCUT2D eigenvalue weighted by molar-refractivity contribution is 7.89. The van der Waals surface area contributed by atoms with E-state index < -0.39 is 10.0 Å². The summed E-state index contributed by atoms with van der Waals surface area (Å²) in [5.41, 5.74) is 2.63. The third-order valence-electron chi connectivity index (χ3n) is 4.93. The summed E-state index contributed by atoms with van der Waals surface area (Å²) in [6.45, 7) is 12.1. The molecular formula is C20H35N3O2S. The van der Waals surface area contributed by atoms with E-state index in [0.29, 0.717) is 12.5 Å². The predicted molar refractivity (Wildman–Crippen MR) is 110 cm³/mol. The lowest BCUT2D eigenvalue weighted by Gasteiger charge is -2.36. The van der Waals surface area contributed by atoms with Crippen LogP contribution in [0, 0.1) is 12.8 Å². The van der Waals surface area contributed by atoms with Crippen molar-refractivity contribution in [3.05, 3.63) is 29.8 Å². The van der Waals surface area contributed by atoms with Gasteiger partial charge in [-0.3, -0.25) is 4.90 Å². The Balaban J connectivity index is 1.59. The number of rotatable bonds is 10. The maximum absolute atomic E-state index is 11.9. The average Bonchev–Trinajstić information content (AvgIpc) is 2.60. The van der Waals surface area contributed by atoms with Crippen molar-refractivity contribution in [3.63, 3.8) is 0 Å². The summed E-state index contributed by atoms with van der Waals surface area (Å²) in [5.74, 6) is 0.663. The number of hydrogen-bond donors (Lipinski definition) is 1. The van der Waals surface area contributed by atoms with Gasteiger partial charge in [0.1, 0.15) is 0 Å². The number of anilines is 1. The molecule has 0 aliphatic carbocycles. The van der Waals surface area contributed by atoms with Gasteiger partial charge in [-0.25, -0.2) is 13.1 Å². The van der Waals surface area contributed by atoms with Gasteiger partial charge in [0, 0.05) is 38.4 Å².